The highest BCUT2D eigenvalue weighted by Gasteiger charge is 2.70. The molecule has 9 heteroatoms. The summed E-state index contributed by atoms with van der Waals surface area (Å²) in [6.45, 7) is 32.6. The summed E-state index contributed by atoms with van der Waals surface area (Å²) in [6, 6.07) is 0. The van der Waals surface area contributed by atoms with Crippen molar-refractivity contribution in [2.45, 2.75) is 162 Å². The third-order valence-electron chi connectivity index (χ3n) is 11.2. The number of rotatable bonds is 10. The Kier molecular flexibility index (Phi) is 9.70. The van der Waals surface area contributed by atoms with Crippen LogP contribution in [-0.2, 0) is 22.5 Å². The fourth-order valence-electron chi connectivity index (χ4n) is 10.1. The number of Topliss-reactive ketones (excluding diaryl/α,β-unsaturated/α-hetero) is 1. The van der Waals surface area contributed by atoms with Gasteiger partial charge in [0.2, 0.25) is 0 Å². The molecule has 0 N–H and O–H groups in total. The maximum atomic E-state index is 14.5. The van der Waals surface area contributed by atoms with Gasteiger partial charge in [-0.3, -0.25) is 4.79 Å². The quantitative estimate of drug-likeness (QED) is 0.220. The number of fused-ring (bicyclic) bond motifs is 5. The van der Waals surface area contributed by atoms with Gasteiger partial charge >= 0.3 is 0 Å². The van der Waals surface area contributed by atoms with E-state index in [1.807, 2.05) is 0 Å². The molecule has 0 aliphatic heterocycles. The van der Waals surface area contributed by atoms with Crippen LogP contribution in [-0.4, -0.2) is 63.5 Å². The predicted octanol–water partition coefficient (Wildman–Crippen LogP) is 9.09. The third kappa shape index (κ3) is 7.18. The van der Waals surface area contributed by atoms with Gasteiger partial charge in [-0.25, -0.2) is 0 Å². The standard InChI is InChI=1S/C33H66O5Si4/c1-31-19-17-25(36-40(6,7)8)21-24(31)15-16-26-27-18-20-33(38-42(12,13)14,29(34)23-35-39(3,4)5)32(27,2)22-28(30(26)31)37-41(9,10)11/h24-28,30H,15-23H2,1-14H3. The summed E-state index contributed by atoms with van der Waals surface area (Å²) in [4.78, 5) is 14.5. The Morgan fingerprint density at radius 3 is 1.90 bits per heavy atom. The molecule has 42 heavy (non-hydrogen) atoms. The van der Waals surface area contributed by atoms with Crippen LogP contribution >= 0.6 is 0 Å². The van der Waals surface area contributed by atoms with Crippen molar-refractivity contribution >= 4 is 39.1 Å². The third-order valence-corrected chi connectivity index (χ3v) is 15.3. The van der Waals surface area contributed by atoms with Gasteiger partial charge in [-0.2, -0.15) is 0 Å². The fraction of sp³-hybridized carbons (Fsp3) is 0.970. The van der Waals surface area contributed by atoms with Crippen molar-refractivity contribution in [3.63, 3.8) is 0 Å². The van der Waals surface area contributed by atoms with Crippen molar-refractivity contribution in [2.75, 3.05) is 6.61 Å². The van der Waals surface area contributed by atoms with Crippen molar-refractivity contribution in [1.82, 2.24) is 0 Å². The van der Waals surface area contributed by atoms with Crippen molar-refractivity contribution in [3.8, 4) is 0 Å². The van der Waals surface area contributed by atoms with Crippen molar-refractivity contribution < 1.29 is 22.5 Å². The molecule has 4 fully saturated rings. The molecule has 4 aliphatic rings. The number of ketones is 1. The lowest BCUT2D eigenvalue weighted by atomic mass is 9.43. The molecule has 4 saturated carbocycles. The van der Waals surface area contributed by atoms with Crippen molar-refractivity contribution in [2.24, 2.45) is 34.5 Å². The first kappa shape index (κ1) is 35.2. The Hall–Kier alpha value is 0.378. The van der Waals surface area contributed by atoms with Crippen LogP contribution in [0.15, 0.2) is 0 Å². The Bertz CT molecular complexity index is 994. The van der Waals surface area contributed by atoms with E-state index in [-0.39, 0.29) is 29.3 Å². The molecule has 0 spiro atoms. The smallest absolute Gasteiger partial charge is 0.188 e. The molecule has 0 bridgehead atoms. The minimum absolute atomic E-state index is 0.179. The molecule has 0 aromatic carbocycles. The molecule has 0 aromatic rings. The first-order valence-corrected chi connectivity index (χ1v) is 30.8. The molecule has 4 rings (SSSR count). The molecule has 0 heterocycles. The van der Waals surface area contributed by atoms with Gasteiger partial charge in [0.1, 0.15) is 5.60 Å². The summed E-state index contributed by atoms with van der Waals surface area (Å²) in [5, 5.41) is 0. The minimum atomic E-state index is -2.05. The molecule has 5 nitrogen and oxygen atoms in total. The average molecular weight is 655 g/mol. The first-order chi connectivity index (χ1) is 18.9. The van der Waals surface area contributed by atoms with Crippen molar-refractivity contribution in [1.29, 1.82) is 0 Å². The van der Waals surface area contributed by atoms with Crippen LogP contribution in [0.25, 0.3) is 0 Å². The highest BCUT2D eigenvalue weighted by atomic mass is 28.4. The summed E-state index contributed by atoms with van der Waals surface area (Å²) in [5.41, 5.74) is -0.738. The summed E-state index contributed by atoms with van der Waals surface area (Å²) in [5.74, 6) is 2.52. The van der Waals surface area contributed by atoms with Crippen LogP contribution in [0, 0.1) is 34.5 Å². The lowest BCUT2D eigenvalue weighted by Crippen LogP contribution is -2.66. The number of carbonyl (C=O) groups is 1. The van der Waals surface area contributed by atoms with Gasteiger partial charge in [0, 0.05) is 17.6 Å². The van der Waals surface area contributed by atoms with Gasteiger partial charge < -0.3 is 17.7 Å². The monoisotopic (exact) mass is 654 g/mol. The van der Waals surface area contributed by atoms with Crippen LogP contribution < -0.4 is 0 Å². The molecule has 9 atom stereocenters. The van der Waals surface area contributed by atoms with E-state index in [4.69, 9.17) is 17.7 Å². The maximum Gasteiger partial charge on any atom is 0.188 e. The molecular weight excluding hydrogens is 589 g/mol. The lowest BCUT2D eigenvalue weighted by molar-refractivity contribution is -0.195. The molecule has 9 unspecified atom stereocenters. The zero-order chi connectivity index (χ0) is 31.7. The Balaban J connectivity index is 1.73. The van der Waals surface area contributed by atoms with E-state index in [0.29, 0.717) is 29.8 Å². The second-order valence-corrected chi connectivity index (χ2v) is 36.9. The lowest BCUT2D eigenvalue weighted by Gasteiger charge is -2.65. The summed E-state index contributed by atoms with van der Waals surface area (Å²) in [7, 11) is -7.31. The van der Waals surface area contributed by atoms with Crippen LogP contribution in [0.4, 0.5) is 0 Å². The van der Waals surface area contributed by atoms with E-state index in [0.717, 1.165) is 19.3 Å². The van der Waals surface area contributed by atoms with E-state index in [1.165, 1.54) is 32.1 Å². The van der Waals surface area contributed by atoms with Gasteiger partial charge in [-0.05, 0) is 159 Å². The summed E-state index contributed by atoms with van der Waals surface area (Å²) >= 11 is 0. The van der Waals surface area contributed by atoms with Gasteiger partial charge in [0.05, 0.1) is 6.61 Å². The summed E-state index contributed by atoms with van der Waals surface area (Å²) < 4.78 is 27.5. The van der Waals surface area contributed by atoms with Crippen LogP contribution in [0.3, 0.4) is 0 Å². The van der Waals surface area contributed by atoms with Crippen molar-refractivity contribution in [3.05, 3.63) is 0 Å². The molecule has 4 aliphatic carbocycles. The zero-order valence-electron chi connectivity index (χ0n) is 29.9. The molecule has 0 aromatic heterocycles. The second-order valence-electron chi connectivity index (χ2n) is 19.0. The first-order valence-electron chi connectivity index (χ1n) is 17.1. The number of hydrogen-bond donors (Lipinski definition) is 0. The maximum absolute atomic E-state index is 14.5. The molecular formula is C33H66O5Si4. The van der Waals surface area contributed by atoms with Gasteiger partial charge in [0.25, 0.3) is 0 Å². The average Bonchev–Trinajstić information content (AvgIpc) is 3.06. The predicted molar refractivity (Wildman–Crippen MR) is 185 cm³/mol. The van der Waals surface area contributed by atoms with Gasteiger partial charge in [-0.15, -0.1) is 0 Å². The van der Waals surface area contributed by atoms with Crippen LogP contribution in [0.1, 0.15) is 65.2 Å². The number of hydrogen-bond acceptors (Lipinski definition) is 5. The Labute approximate surface area is 263 Å². The Morgan fingerprint density at radius 1 is 0.738 bits per heavy atom. The Morgan fingerprint density at radius 2 is 1.36 bits per heavy atom. The van der Waals surface area contributed by atoms with Gasteiger partial charge in [0.15, 0.2) is 39.1 Å². The van der Waals surface area contributed by atoms with E-state index in [1.54, 1.807) is 0 Å². The van der Waals surface area contributed by atoms with E-state index >= 15 is 0 Å². The van der Waals surface area contributed by atoms with E-state index in [2.05, 4.69) is 92.4 Å². The zero-order valence-corrected chi connectivity index (χ0v) is 33.9. The topological polar surface area (TPSA) is 54.0 Å². The van der Waals surface area contributed by atoms with Crippen LogP contribution in [0.2, 0.25) is 78.6 Å². The van der Waals surface area contributed by atoms with Crippen LogP contribution in [0.5, 0.6) is 0 Å². The highest BCUT2D eigenvalue weighted by molar-refractivity contribution is 6.71. The normalized spacial score (nSPS) is 41.2. The van der Waals surface area contributed by atoms with Gasteiger partial charge in [-0.1, -0.05) is 13.8 Å². The minimum Gasteiger partial charge on any atom is -0.415 e. The largest absolute Gasteiger partial charge is 0.415 e. The second kappa shape index (κ2) is 11.6. The number of carbonyl (C=O) groups excluding carboxylic acids is 1. The SMILES string of the molecule is CC12CCC(O[Si](C)(C)C)CC1CCC1C2C(O[Si](C)(C)C)CC2(C)C1CCC2(O[Si](C)(C)C)C(=O)CO[Si](C)(C)C. The summed E-state index contributed by atoms with van der Waals surface area (Å²) in [6.07, 6.45) is 9.61. The molecule has 244 valence electrons. The highest BCUT2D eigenvalue weighted by Crippen LogP contribution is 2.70. The fourth-order valence-corrected chi connectivity index (χ4v) is 14.5. The van der Waals surface area contributed by atoms with E-state index < -0.39 is 38.9 Å². The van der Waals surface area contributed by atoms with E-state index in [9.17, 15) is 4.79 Å². The molecule has 0 amide bonds. The molecule has 0 radical (unpaired) electrons. The molecule has 0 saturated heterocycles.